The highest BCUT2D eigenvalue weighted by molar-refractivity contribution is 6.17. The van der Waals surface area contributed by atoms with E-state index in [4.69, 9.17) is 21.8 Å². The predicted octanol–water partition coefficient (Wildman–Crippen LogP) is 3.50. The summed E-state index contributed by atoms with van der Waals surface area (Å²) in [6, 6.07) is 5.02. The molecule has 0 radical (unpaired) electrons. The third-order valence-corrected chi connectivity index (χ3v) is 2.38. The van der Waals surface area contributed by atoms with E-state index in [0.717, 1.165) is 5.88 Å². The van der Waals surface area contributed by atoms with Crippen molar-refractivity contribution in [3.05, 3.63) is 35.4 Å². The van der Waals surface area contributed by atoms with Crippen molar-refractivity contribution >= 4 is 23.5 Å². The molecule has 0 aliphatic carbocycles. The Morgan fingerprint density at radius 3 is 1.56 bits per heavy atom. The Morgan fingerprint density at radius 1 is 1.00 bits per heavy atom. The third-order valence-electron chi connectivity index (χ3n) is 2.12. The highest BCUT2D eigenvalue weighted by Gasteiger charge is 2.04. The Morgan fingerprint density at radius 2 is 1.39 bits per heavy atom. The average molecular weight is 273 g/mol. The maximum Gasteiger partial charge on any atom is 0.335 e. The molecule has 2 N–H and O–H groups in total. The van der Waals surface area contributed by atoms with Crippen molar-refractivity contribution in [3.63, 3.8) is 0 Å². The van der Waals surface area contributed by atoms with Gasteiger partial charge in [-0.2, -0.15) is 0 Å². The summed E-state index contributed by atoms with van der Waals surface area (Å²) in [5.74, 6) is -1.30. The van der Waals surface area contributed by atoms with Gasteiger partial charge in [0.1, 0.15) is 0 Å². The number of unbranched alkanes of at least 4 members (excludes halogenated alkanes) is 2. The van der Waals surface area contributed by atoms with Gasteiger partial charge in [0.2, 0.25) is 0 Å². The first kappa shape index (κ1) is 16.4. The number of aromatic carboxylic acids is 2. The van der Waals surface area contributed by atoms with Crippen LogP contribution in [0.2, 0.25) is 0 Å². The predicted molar refractivity (Wildman–Crippen MR) is 70.6 cm³/mol. The summed E-state index contributed by atoms with van der Waals surface area (Å²) in [7, 11) is 0. The van der Waals surface area contributed by atoms with Gasteiger partial charge in [0.25, 0.3) is 0 Å². The third kappa shape index (κ3) is 6.91. The number of hydrogen-bond donors (Lipinski definition) is 2. The molecule has 0 saturated heterocycles. The standard InChI is InChI=1S/C8H6O4.C5H11Cl/c9-7(10)5-1-2-6(4-3-5)8(11)12;1-2-3-4-5-6/h1-4H,(H,9,10)(H,11,12);2-5H2,1H3. The van der Waals surface area contributed by atoms with E-state index in [1.54, 1.807) is 0 Å². The largest absolute Gasteiger partial charge is 0.478 e. The van der Waals surface area contributed by atoms with Crippen LogP contribution in [0.25, 0.3) is 0 Å². The molecule has 0 aromatic heterocycles. The smallest absolute Gasteiger partial charge is 0.335 e. The van der Waals surface area contributed by atoms with Crippen LogP contribution in [0.3, 0.4) is 0 Å². The second-order valence-corrected chi connectivity index (χ2v) is 3.96. The molecule has 1 rings (SSSR count). The van der Waals surface area contributed by atoms with E-state index in [9.17, 15) is 9.59 Å². The van der Waals surface area contributed by atoms with E-state index in [1.807, 2.05) is 0 Å². The number of benzene rings is 1. The summed E-state index contributed by atoms with van der Waals surface area (Å²) < 4.78 is 0. The number of carboxylic acid groups (broad SMARTS) is 2. The van der Waals surface area contributed by atoms with Crippen LogP contribution in [0.5, 0.6) is 0 Å². The molecule has 4 nitrogen and oxygen atoms in total. The minimum atomic E-state index is -1.06. The summed E-state index contributed by atoms with van der Waals surface area (Å²) in [6.45, 7) is 2.17. The fourth-order valence-electron chi connectivity index (χ4n) is 1.10. The van der Waals surface area contributed by atoms with Crippen molar-refractivity contribution in [1.29, 1.82) is 0 Å². The molecule has 0 atom stereocenters. The van der Waals surface area contributed by atoms with E-state index < -0.39 is 11.9 Å². The monoisotopic (exact) mass is 272 g/mol. The highest BCUT2D eigenvalue weighted by atomic mass is 35.5. The molecule has 0 saturated carbocycles. The average Bonchev–Trinajstić information content (AvgIpc) is 2.37. The fraction of sp³-hybridized carbons (Fsp3) is 0.385. The van der Waals surface area contributed by atoms with Gasteiger partial charge in [-0.1, -0.05) is 19.8 Å². The Balaban J connectivity index is 0.000000411. The Kier molecular flexibility index (Phi) is 8.66. The van der Waals surface area contributed by atoms with Gasteiger partial charge in [-0.3, -0.25) is 0 Å². The van der Waals surface area contributed by atoms with Crippen LogP contribution >= 0.6 is 11.6 Å². The zero-order valence-corrected chi connectivity index (χ0v) is 11.0. The molecule has 0 heterocycles. The summed E-state index contributed by atoms with van der Waals surface area (Å²) in [6.07, 6.45) is 3.73. The lowest BCUT2D eigenvalue weighted by Gasteiger charge is -1.94. The number of alkyl halides is 1. The summed E-state index contributed by atoms with van der Waals surface area (Å²) in [4.78, 5) is 20.7. The minimum Gasteiger partial charge on any atom is -0.478 e. The molecule has 1 aromatic carbocycles. The summed E-state index contributed by atoms with van der Waals surface area (Å²) in [5.41, 5.74) is 0.167. The van der Waals surface area contributed by atoms with Crippen molar-refractivity contribution in [2.45, 2.75) is 26.2 Å². The van der Waals surface area contributed by atoms with Gasteiger partial charge in [0, 0.05) is 5.88 Å². The summed E-state index contributed by atoms with van der Waals surface area (Å²) >= 11 is 5.38. The normalized spacial score (nSPS) is 9.22. The number of halogens is 1. The first-order valence-corrected chi connectivity index (χ1v) is 6.19. The highest BCUT2D eigenvalue weighted by Crippen LogP contribution is 2.03. The molecule has 100 valence electrons. The first-order valence-electron chi connectivity index (χ1n) is 5.65. The minimum absolute atomic E-state index is 0.0833. The van der Waals surface area contributed by atoms with E-state index in [2.05, 4.69) is 6.92 Å². The van der Waals surface area contributed by atoms with Crippen molar-refractivity contribution in [2.75, 3.05) is 5.88 Å². The number of carbonyl (C=O) groups is 2. The molecular weight excluding hydrogens is 256 g/mol. The molecule has 0 aliphatic heterocycles. The quantitative estimate of drug-likeness (QED) is 0.635. The molecular formula is C13H17ClO4. The second kappa shape index (κ2) is 9.48. The zero-order chi connectivity index (χ0) is 14.0. The number of carboxylic acids is 2. The van der Waals surface area contributed by atoms with Gasteiger partial charge in [0.05, 0.1) is 11.1 Å². The molecule has 0 aliphatic rings. The topological polar surface area (TPSA) is 74.6 Å². The van der Waals surface area contributed by atoms with Crippen LogP contribution in [-0.4, -0.2) is 28.0 Å². The van der Waals surface area contributed by atoms with Gasteiger partial charge >= 0.3 is 11.9 Å². The van der Waals surface area contributed by atoms with Crippen LogP contribution in [0.4, 0.5) is 0 Å². The van der Waals surface area contributed by atoms with Gasteiger partial charge < -0.3 is 10.2 Å². The van der Waals surface area contributed by atoms with Crippen LogP contribution in [0, 0.1) is 0 Å². The lowest BCUT2D eigenvalue weighted by molar-refractivity contribution is 0.0681. The Hall–Kier alpha value is -1.55. The van der Waals surface area contributed by atoms with Gasteiger partial charge in [-0.05, 0) is 30.7 Å². The molecule has 18 heavy (non-hydrogen) atoms. The molecule has 0 unspecified atom stereocenters. The molecule has 1 aromatic rings. The number of hydrogen-bond acceptors (Lipinski definition) is 2. The van der Waals surface area contributed by atoms with Crippen LogP contribution in [0.15, 0.2) is 24.3 Å². The van der Waals surface area contributed by atoms with E-state index in [-0.39, 0.29) is 11.1 Å². The number of rotatable bonds is 5. The van der Waals surface area contributed by atoms with Crippen LogP contribution in [0.1, 0.15) is 46.9 Å². The SMILES string of the molecule is CCCCCCl.O=C(O)c1ccc(C(=O)O)cc1. The van der Waals surface area contributed by atoms with Gasteiger partial charge in [-0.25, -0.2) is 9.59 Å². The fourth-order valence-corrected chi connectivity index (χ4v) is 1.29. The maximum atomic E-state index is 10.3. The first-order chi connectivity index (χ1) is 8.52. The van der Waals surface area contributed by atoms with Crippen LogP contribution in [-0.2, 0) is 0 Å². The van der Waals surface area contributed by atoms with E-state index >= 15 is 0 Å². The van der Waals surface area contributed by atoms with Crippen molar-refractivity contribution in [3.8, 4) is 0 Å². The van der Waals surface area contributed by atoms with Crippen molar-refractivity contribution in [2.24, 2.45) is 0 Å². The van der Waals surface area contributed by atoms with Gasteiger partial charge in [-0.15, -0.1) is 11.6 Å². The lowest BCUT2D eigenvalue weighted by atomic mass is 10.1. The molecule has 5 heteroatoms. The van der Waals surface area contributed by atoms with E-state index in [0.29, 0.717) is 0 Å². The second-order valence-electron chi connectivity index (χ2n) is 3.58. The maximum absolute atomic E-state index is 10.3. The Bertz CT molecular complexity index is 336. The zero-order valence-electron chi connectivity index (χ0n) is 10.2. The summed E-state index contributed by atoms with van der Waals surface area (Å²) in [5, 5.41) is 16.9. The van der Waals surface area contributed by atoms with Crippen LogP contribution < -0.4 is 0 Å². The van der Waals surface area contributed by atoms with Crippen molar-refractivity contribution < 1.29 is 19.8 Å². The van der Waals surface area contributed by atoms with Crippen molar-refractivity contribution in [1.82, 2.24) is 0 Å². The van der Waals surface area contributed by atoms with Gasteiger partial charge in [0.15, 0.2) is 0 Å². The lowest BCUT2D eigenvalue weighted by Crippen LogP contribution is -1.99. The Labute approximate surface area is 111 Å². The molecule has 0 bridgehead atoms. The molecule has 0 fully saturated rings. The molecule has 0 amide bonds. The van der Waals surface area contributed by atoms with E-state index in [1.165, 1.54) is 43.5 Å². The molecule has 0 spiro atoms.